The van der Waals surface area contributed by atoms with E-state index in [-0.39, 0.29) is 5.56 Å². The first-order chi connectivity index (χ1) is 12.8. The standard InChI is InChI=1S/C19H15N3OS3/c1-2-8-22-18(23)16-14(15-6-4-9-24-15)12-25-17(16)21-19(22)26-11-13-5-3-7-20-10-13/h2-7,9-10,12H,1,8,11H2. The molecule has 0 aromatic carbocycles. The second kappa shape index (κ2) is 7.57. The van der Waals surface area contributed by atoms with Crippen LogP contribution in [-0.2, 0) is 12.3 Å². The van der Waals surface area contributed by atoms with Crippen LogP contribution in [0.25, 0.3) is 20.7 Å². The van der Waals surface area contributed by atoms with Gasteiger partial charge in [-0.05, 0) is 23.1 Å². The van der Waals surface area contributed by atoms with Crippen LogP contribution in [0.15, 0.2) is 70.0 Å². The lowest BCUT2D eigenvalue weighted by Gasteiger charge is -2.10. The molecule has 0 amide bonds. The number of nitrogens with zero attached hydrogens (tertiary/aromatic N) is 3. The van der Waals surface area contributed by atoms with Crippen molar-refractivity contribution in [1.29, 1.82) is 0 Å². The fourth-order valence-electron chi connectivity index (χ4n) is 2.65. The normalized spacial score (nSPS) is 11.1. The SMILES string of the molecule is C=CCn1c(SCc2cccnc2)nc2scc(-c3cccs3)c2c1=O. The Morgan fingerprint density at radius 1 is 1.27 bits per heavy atom. The summed E-state index contributed by atoms with van der Waals surface area (Å²) in [5.41, 5.74) is 2.06. The Bertz CT molecular complexity index is 1100. The molecule has 0 radical (unpaired) electrons. The average molecular weight is 398 g/mol. The van der Waals surface area contributed by atoms with Crippen molar-refractivity contribution in [2.45, 2.75) is 17.5 Å². The highest BCUT2D eigenvalue weighted by Gasteiger charge is 2.17. The van der Waals surface area contributed by atoms with E-state index in [1.165, 1.54) is 11.3 Å². The first kappa shape index (κ1) is 17.2. The van der Waals surface area contributed by atoms with E-state index in [4.69, 9.17) is 4.98 Å². The predicted molar refractivity (Wildman–Crippen MR) is 111 cm³/mol. The highest BCUT2D eigenvalue weighted by atomic mass is 32.2. The third-order valence-electron chi connectivity index (χ3n) is 3.85. The fraction of sp³-hybridized carbons (Fsp3) is 0.105. The number of thiophene rings is 2. The van der Waals surface area contributed by atoms with Crippen molar-refractivity contribution in [3.8, 4) is 10.4 Å². The third kappa shape index (κ3) is 3.25. The van der Waals surface area contributed by atoms with Crippen LogP contribution in [0.2, 0.25) is 0 Å². The molecule has 4 heterocycles. The van der Waals surface area contributed by atoms with E-state index < -0.39 is 0 Å². The van der Waals surface area contributed by atoms with Gasteiger partial charge in [0.25, 0.3) is 5.56 Å². The van der Waals surface area contributed by atoms with Gasteiger partial charge < -0.3 is 0 Å². The monoisotopic (exact) mass is 397 g/mol. The maximum absolute atomic E-state index is 13.2. The van der Waals surface area contributed by atoms with Gasteiger partial charge in [-0.25, -0.2) is 4.98 Å². The van der Waals surface area contributed by atoms with Crippen LogP contribution in [0.4, 0.5) is 0 Å². The Morgan fingerprint density at radius 3 is 2.92 bits per heavy atom. The van der Waals surface area contributed by atoms with E-state index in [1.54, 1.807) is 39.9 Å². The van der Waals surface area contributed by atoms with Crippen LogP contribution in [0, 0.1) is 0 Å². The minimum absolute atomic E-state index is 0.00626. The molecule has 4 aromatic heterocycles. The Kier molecular flexibility index (Phi) is 5.01. The Labute approximate surface area is 162 Å². The van der Waals surface area contributed by atoms with Gasteiger partial charge >= 0.3 is 0 Å². The molecule has 0 saturated carbocycles. The Balaban J connectivity index is 1.79. The summed E-state index contributed by atoms with van der Waals surface area (Å²) >= 11 is 4.70. The lowest BCUT2D eigenvalue weighted by molar-refractivity contribution is 0.673. The van der Waals surface area contributed by atoms with Gasteiger partial charge in [0.1, 0.15) is 4.83 Å². The number of allylic oxidation sites excluding steroid dienone is 1. The number of fused-ring (bicyclic) bond motifs is 1. The molecule has 0 saturated heterocycles. The molecule has 4 rings (SSSR count). The van der Waals surface area contributed by atoms with Crippen LogP contribution < -0.4 is 5.56 Å². The zero-order chi connectivity index (χ0) is 17.9. The molecule has 0 fully saturated rings. The number of aromatic nitrogens is 3. The number of thioether (sulfide) groups is 1. The average Bonchev–Trinajstić information content (AvgIpc) is 3.33. The van der Waals surface area contributed by atoms with Crippen molar-refractivity contribution in [2.24, 2.45) is 0 Å². The summed E-state index contributed by atoms with van der Waals surface area (Å²) in [6.45, 7) is 4.24. The van der Waals surface area contributed by atoms with Crippen molar-refractivity contribution < 1.29 is 0 Å². The maximum Gasteiger partial charge on any atom is 0.263 e. The van der Waals surface area contributed by atoms with Crippen molar-refractivity contribution >= 4 is 44.7 Å². The van der Waals surface area contributed by atoms with Crippen LogP contribution in [0.3, 0.4) is 0 Å². The van der Waals surface area contributed by atoms with Gasteiger partial charge in [0.15, 0.2) is 5.16 Å². The van der Waals surface area contributed by atoms with Crippen LogP contribution in [-0.4, -0.2) is 14.5 Å². The van der Waals surface area contributed by atoms with E-state index in [9.17, 15) is 4.79 Å². The highest BCUT2D eigenvalue weighted by molar-refractivity contribution is 7.98. The number of pyridine rings is 1. The van der Waals surface area contributed by atoms with Gasteiger partial charge in [0.2, 0.25) is 0 Å². The largest absolute Gasteiger partial charge is 0.283 e. The van der Waals surface area contributed by atoms with E-state index in [0.29, 0.717) is 22.8 Å². The number of hydrogen-bond acceptors (Lipinski definition) is 6. The topological polar surface area (TPSA) is 47.8 Å². The Hall–Kier alpha value is -2.22. The van der Waals surface area contributed by atoms with E-state index >= 15 is 0 Å². The molecule has 130 valence electrons. The van der Waals surface area contributed by atoms with Gasteiger partial charge in [-0.1, -0.05) is 30.0 Å². The van der Waals surface area contributed by atoms with Crippen molar-refractivity contribution in [1.82, 2.24) is 14.5 Å². The van der Waals surface area contributed by atoms with E-state index in [0.717, 1.165) is 20.8 Å². The van der Waals surface area contributed by atoms with Crippen LogP contribution in [0.1, 0.15) is 5.56 Å². The molecule has 0 aliphatic heterocycles. The van der Waals surface area contributed by atoms with Crippen molar-refractivity contribution in [3.05, 3.63) is 76.0 Å². The molecular formula is C19H15N3OS3. The molecule has 0 aliphatic carbocycles. The minimum atomic E-state index is -0.00626. The lowest BCUT2D eigenvalue weighted by Crippen LogP contribution is -2.22. The summed E-state index contributed by atoms with van der Waals surface area (Å²) in [4.78, 5) is 24.0. The molecule has 26 heavy (non-hydrogen) atoms. The highest BCUT2D eigenvalue weighted by Crippen LogP contribution is 2.34. The van der Waals surface area contributed by atoms with Crippen molar-refractivity contribution in [2.75, 3.05) is 0 Å². The first-order valence-corrected chi connectivity index (χ1v) is 10.7. The van der Waals surface area contributed by atoms with Gasteiger partial charge in [0.05, 0.1) is 5.39 Å². The maximum atomic E-state index is 13.2. The fourth-order valence-corrected chi connectivity index (χ4v) is 5.40. The first-order valence-electron chi connectivity index (χ1n) is 7.96. The molecule has 0 atom stereocenters. The molecule has 4 nitrogen and oxygen atoms in total. The number of rotatable bonds is 6. The molecule has 4 aromatic rings. The Morgan fingerprint density at radius 2 is 2.19 bits per heavy atom. The van der Waals surface area contributed by atoms with Gasteiger partial charge in [-0.15, -0.1) is 29.3 Å². The van der Waals surface area contributed by atoms with Crippen molar-refractivity contribution in [3.63, 3.8) is 0 Å². The summed E-state index contributed by atoms with van der Waals surface area (Å²) in [6.07, 6.45) is 5.33. The predicted octanol–water partition coefficient (Wildman–Crippen LogP) is 5.06. The summed E-state index contributed by atoms with van der Waals surface area (Å²) in [5, 5.41) is 5.46. The second-order valence-corrected chi connectivity index (χ2v) is 8.30. The van der Waals surface area contributed by atoms with E-state index in [2.05, 4.69) is 11.6 Å². The molecule has 0 bridgehead atoms. The lowest BCUT2D eigenvalue weighted by atomic mass is 10.2. The zero-order valence-corrected chi connectivity index (χ0v) is 16.2. The molecule has 0 N–H and O–H groups in total. The summed E-state index contributed by atoms with van der Waals surface area (Å²) < 4.78 is 1.71. The molecular weight excluding hydrogens is 382 g/mol. The van der Waals surface area contributed by atoms with Crippen LogP contribution >= 0.6 is 34.4 Å². The quantitative estimate of drug-likeness (QED) is 0.259. The van der Waals surface area contributed by atoms with Crippen LogP contribution in [0.5, 0.6) is 0 Å². The van der Waals surface area contributed by atoms with Gasteiger partial charge in [-0.3, -0.25) is 14.3 Å². The molecule has 7 heteroatoms. The molecule has 0 spiro atoms. The molecule has 0 aliphatic rings. The summed E-state index contributed by atoms with van der Waals surface area (Å²) in [5.74, 6) is 0.714. The smallest absolute Gasteiger partial charge is 0.263 e. The minimum Gasteiger partial charge on any atom is -0.283 e. The molecule has 0 unspecified atom stereocenters. The third-order valence-corrected chi connectivity index (χ3v) is 6.67. The van der Waals surface area contributed by atoms with Gasteiger partial charge in [0, 0.05) is 40.5 Å². The van der Waals surface area contributed by atoms with Gasteiger partial charge in [-0.2, -0.15) is 0 Å². The second-order valence-electron chi connectivity index (χ2n) is 5.56. The zero-order valence-electron chi connectivity index (χ0n) is 13.8. The number of hydrogen-bond donors (Lipinski definition) is 0. The summed E-state index contributed by atoms with van der Waals surface area (Å²) in [6, 6.07) is 7.97. The van der Waals surface area contributed by atoms with E-state index in [1.807, 2.05) is 41.2 Å². The summed E-state index contributed by atoms with van der Waals surface area (Å²) in [7, 11) is 0.